The minimum atomic E-state index is -1.07. The van der Waals surface area contributed by atoms with Crippen LogP contribution in [0.15, 0.2) is 24.3 Å². The van der Waals surface area contributed by atoms with Crippen molar-refractivity contribution in [2.45, 2.75) is 69.9 Å². The normalized spacial score (nSPS) is 28.5. The molecule has 31 heavy (non-hydrogen) atoms. The van der Waals surface area contributed by atoms with Gasteiger partial charge in [0, 0.05) is 31.7 Å². The molecule has 3 saturated heterocycles. The summed E-state index contributed by atoms with van der Waals surface area (Å²) in [6.07, 6.45) is 0.273. The van der Waals surface area contributed by atoms with Crippen molar-refractivity contribution in [2.24, 2.45) is 0 Å². The first-order valence-corrected chi connectivity index (χ1v) is 10.6. The number of aliphatic carboxylic acids is 1. The Kier molecular flexibility index (Phi) is 5.41. The van der Waals surface area contributed by atoms with Crippen LogP contribution in [0.25, 0.3) is 0 Å². The third kappa shape index (κ3) is 4.23. The minimum Gasteiger partial charge on any atom is -0.480 e. The highest BCUT2D eigenvalue weighted by Crippen LogP contribution is 2.37. The van der Waals surface area contributed by atoms with Crippen LogP contribution < -0.4 is 0 Å². The van der Waals surface area contributed by atoms with E-state index in [9.17, 15) is 23.9 Å². The molecule has 168 valence electrons. The van der Waals surface area contributed by atoms with E-state index in [1.54, 1.807) is 37.8 Å². The zero-order chi connectivity index (χ0) is 22.5. The van der Waals surface area contributed by atoms with Crippen LogP contribution in [0.5, 0.6) is 0 Å². The molecular formula is C22H28FN3O5. The van der Waals surface area contributed by atoms with Gasteiger partial charge in [0.2, 0.25) is 5.91 Å². The third-order valence-electron chi connectivity index (χ3n) is 6.23. The predicted octanol–water partition coefficient (Wildman–Crippen LogP) is 2.07. The lowest BCUT2D eigenvalue weighted by molar-refractivity contribution is -0.142. The van der Waals surface area contributed by atoms with Crippen molar-refractivity contribution in [1.82, 2.24) is 14.7 Å². The Morgan fingerprint density at radius 3 is 2.55 bits per heavy atom. The number of hydrogen-bond donors (Lipinski definition) is 1. The SMILES string of the molecule is CC(C)(C)OC(=O)N1C[C@@H](N2C[C@H]3C[C@@H]2C(=O)N3Cc2cccc(F)c2)C[C@H]1C(=O)O. The summed E-state index contributed by atoms with van der Waals surface area (Å²) in [6.45, 7) is 6.40. The van der Waals surface area contributed by atoms with E-state index in [1.165, 1.54) is 17.0 Å². The van der Waals surface area contributed by atoms with Gasteiger partial charge in [-0.1, -0.05) is 12.1 Å². The number of halogens is 1. The predicted molar refractivity (Wildman–Crippen MR) is 109 cm³/mol. The molecule has 3 aliphatic heterocycles. The Bertz CT molecular complexity index is 901. The molecule has 8 nitrogen and oxygen atoms in total. The number of carbonyl (C=O) groups is 3. The maximum absolute atomic E-state index is 13.5. The second-order valence-electron chi connectivity index (χ2n) is 9.57. The van der Waals surface area contributed by atoms with Gasteiger partial charge in [0.25, 0.3) is 0 Å². The highest BCUT2D eigenvalue weighted by atomic mass is 19.1. The van der Waals surface area contributed by atoms with Crippen LogP contribution in [0.2, 0.25) is 0 Å². The summed E-state index contributed by atoms with van der Waals surface area (Å²) >= 11 is 0. The number of amides is 2. The first-order valence-electron chi connectivity index (χ1n) is 10.6. The molecule has 0 spiro atoms. The molecule has 2 bridgehead atoms. The molecule has 0 radical (unpaired) electrons. The van der Waals surface area contributed by atoms with Gasteiger partial charge in [-0.2, -0.15) is 0 Å². The first-order chi connectivity index (χ1) is 14.5. The van der Waals surface area contributed by atoms with E-state index in [4.69, 9.17) is 4.74 Å². The van der Waals surface area contributed by atoms with Gasteiger partial charge in [-0.3, -0.25) is 14.6 Å². The summed E-state index contributed by atoms with van der Waals surface area (Å²) in [5.74, 6) is -1.43. The number of nitrogens with zero attached hydrogens (tertiary/aromatic N) is 3. The van der Waals surface area contributed by atoms with Crippen molar-refractivity contribution in [3.63, 3.8) is 0 Å². The second kappa shape index (κ2) is 7.78. The molecule has 2 amide bonds. The number of piperazine rings is 1. The lowest BCUT2D eigenvalue weighted by Crippen LogP contribution is -2.54. The Morgan fingerprint density at radius 1 is 1.19 bits per heavy atom. The van der Waals surface area contributed by atoms with Gasteiger partial charge in [-0.05, 0) is 51.3 Å². The van der Waals surface area contributed by atoms with Crippen LogP contribution in [0.1, 0.15) is 39.2 Å². The Labute approximate surface area is 180 Å². The molecule has 1 aromatic carbocycles. The van der Waals surface area contributed by atoms with E-state index in [1.807, 2.05) is 4.90 Å². The van der Waals surface area contributed by atoms with Gasteiger partial charge in [-0.15, -0.1) is 0 Å². The van der Waals surface area contributed by atoms with E-state index in [2.05, 4.69) is 0 Å². The Hall–Kier alpha value is -2.68. The van der Waals surface area contributed by atoms with Gasteiger partial charge in [-0.25, -0.2) is 14.0 Å². The number of carboxylic acids is 1. The molecule has 1 N–H and O–H groups in total. The van der Waals surface area contributed by atoms with E-state index in [-0.39, 0.29) is 42.8 Å². The fourth-order valence-corrected chi connectivity index (χ4v) is 4.93. The number of carbonyl (C=O) groups excluding carboxylic acids is 2. The minimum absolute atomic E-state index is 0.000350. The van der Waals surface area contributed by atoms with Crippen LogP contribution >= 0.6 is 0 Å². The van der Waals surface area contributed by atoms with Crippen LogP contribution in [0, 0.1) is 5.82 Å². The van der Waals surface area contributed by atoms with Gasteiger partial charge in [0.15, 0.2) is 0 Å². The number of likely N-dealkylation sites (tertiary alicyclic amines) is 3. The van der Waals surface area contributed by atoms with E-state index in [0.29, 0.717) is 19.5 Å². The summed E-state index contributed by atoms with van der Waals surface area (Å²) in [6, 6.07) is 4.71. The van der Waals surface area contributed by atoms with E-state index < -0.39 is 23.7 Å². The molecule has 0 unspecified atom stereocenters. The largest absolute Gasteiger partial charge is 0.480 e. The molecule has 0 saturated carbocycles. The van der Waals surface area contributed by atoms with E-state index >= 15 is 0 Å². The second-order valence-corrected chi connectivity index (χ2v) is 9.57. The maximum atomic E-state index is 13.5. The van der Waals surface area contributed by atoms with Crippen molar-refractivity contribution < 1.29 is 28.6 Å². The standard InChI is InChI=1S/C22H28FN3O5/c1-22(2,3)31-21(30)26-12-15(9-18(26)20(28)29)24-11-16-8-17(24)19(27)25(16)10-13-5-4-6-14(23)7-13/h4-7,15-18H,8-12H2,1-3H3,(H,28,29)/t15-,16+,17+,18-/m0/s1. The Morgan fingerprint density at radius 2 is 1.94 bits per heavy atom. The first kappa shape index (κ1) is 21.5. The molecular weight excluding hydrogens is 405 g/mol. The summed E-state index contributed by atoms with van der Waals surface area (Å²) in [7, 11) is 0. The van der Waals surface area contributed by atoms with Crippen molar-refractivity contribution in [1.29, 1.82) is 0 Å². The number of ether oxygens (including phenoxy) is 1. The van der Waals surface area contributed by atoms with Crippen molar-refractivity contribution in [2.75, 3.05) is 13.1 Å². The fraction of sp³-hybridized carbons (Fsp3) is 0.591. The average Bonchev–Trinajstić information content (AvgIpc) is 3.34. The van der Waals surface area contributed by atoms with Gasteiger partial charge >= 0.3 is 12.1 Å². The smallest absolute Gasteiger partial charge is 0.411 e. The lowest BCUT2D eigenvalue weighted by atomic mass is 10.1. The number of fused-ring (bicyclic) bond motifs is 2. The van der Waals surface area contributed by atoms with E-state index in [0.717, 1.165) is 5.56 Å². The van der Waals surface area contributed by atoms with Crippen molar-refractivity contribution in [3.8, 4) is 0 Å². The number of rotatable bonds is 4. The summed E-state index contributed by atoms with van der Waals surface area (Å²) < 4.78 is 18.9. The molecule has 1 aromatic rings. The number of hydrogen-bond acceptors (Lipinski definition) is 5. The Balaban J connectivity index is 1.44. The van der Waals surface area contributed by atoms with Gasteiger partial charge < -0.3 is 14.7 Å². The zero-order valence-electron chi connectivity index (χ0n) is 18.0. The van der Waals surface area contributed by atoms with Crippen molar-refractivity contribution in [3.05, 3.63) is 35.6 Å². The van der Waals surface area contributed by atoms with Crippen LogP contribution in [0.4, 0.5) is 9.18 Å². The molecule has 3 fully saturated rings. The highest BCUT2D eigenvalue weighted by molar-refractivity contribution is 5.86. The monoisotopic (exact) mass is 433 g/mol. The lowest BCUT2D eigenvalue weighted by Gasteiger charge is -2.37. The molecule has 4 atom stereocenters. The van der Waals surface area contributed by atoms with Crippen LogP contribution in [0.3, 0.4) is 0 Å². The summed E-state index contributed by atoms with van der Waals surface area (Å²) in [5, 5.41) is 9.63. The molecule has 9 heteroatoms. The molecule has 0 aliphatic carbocycles. The molecule has 4 rings (SSSR count). The zero-order valence-corrected chi connectivity index (χ0v) is 18.0. The topological polar surface area (TPSA) is 90.4 Å². The summed E-state index contributed by atoms with van der Waals surface area (Å²) in [4.78, 5) is 42.4. The van der Waals surface area contributed by atoms with Gasteiger partial charge in [0.05, 0.1) is 6.04 Å². The maximum Gasteiger partial charge on any atom is 0.411 e. The number of benzene rings is 1. The number of carboxylic acid groups (broad SMARTS) is 1. The summed E-state index contributed by atoms with van der Waals surface area (Å²) in [5.41, 5.74) is 0.0218. The van der Waals surface area contributed by atoms with Crippen molar-refractivity contribution >= 4 is 18.0 Å². The quantitative estimate of drug-likeness (QED) is 0.782. The third-order valence-corrected chi connectivity index (χ3v) is 6.23. The fourth-order valence-electron chi connectivity index (χ4n) is 4.93. The average molecular weight is 433 g/mol. The molecule has 3 heterocycles. The van der Waals surface area contributed by atoms with Crippen LogP contribution in [-0.2, 0) is 20.9 Å². The molecule has 3 aliphatic rings. The molecule has 0 aromatic heterocycles. The van der Waals surface area contributed by atoms with Crippen LogP contribution in [-0.4, -0.2) is 80.6 Å². The highest BCUT2D eigenvalue weighted by Gasteiger charge is 2.54. The van der Waals surface area contributed by atoms with Gasteiger partial charge in [0.1, 0.15) is 17.5 Å².